The minimum absolute atomic E-state index is 0.0812. The Morgan fingerprint density at radius 1 is 1.08 bits per heavy atom. The minimum atomic E-state index is -3.83. The van der Waals surface area contributed by atoms with E-state index in [1.807, 2.05) is 45.9 Å². The quantitative estimate of drug-likeness (QED) is 0.728. The van der Waals surface area contributed by atoms with E-state index in [-0.39, 0.29) is 11.5 Å². The van der Waals surface area contributed by atoms with Crippen molar-refractivity contribution in [3.8, 4) is 5.75 Å². The molecule has 2 N–H and O–H groups in total. The molecule has 1 amide bonds. The first-order valence-corrected chi connectivity index (χ1v) is 9.78. The zero-order valence-corrected chi connectivity index (χ0v) is 16.2. The summed E-state index contributed by atoms with van der Waals surface area (Å²) in [5.41, 5.74) is 5.11. The predicted octanol–water partition coefficient (Wildman–Crippen LogP) is 2.82. The van der Waals surface area contributed by atoms with E-state index in [0.29, 0.717) is 11.7 Å². The van der Waals surface area contributed by atoms with E-state index >= 15 is 0 Å². The van der Waals surface area contributed by atoms with Crippen molar-refractivity contribution in [3.63, 3.8) is 0 Å². The molecular formula is C19H24N2O4S. The number of hydrogen-bond acceptors (Lipinski definition) is 4. The van der Waals surface area contributed by atoms with Gasteiger partial charge in [0, 0.05) is 0 Å². The molecule has 0 atom stereocenters. The fraction of sp³-hybridized carbons (Fsp3) is 0.316. The fourth-order valence-electron chi connectivity index (χ4n) is 2.26. The molecule has 0 fully saturated rings. The largest absolute Gasteiger partial charge is 0.483 e. The van der Waals surface area contributed by atoms with Crippen LogP contribution in [-0.2, 0) is 14.8 Å². The molecule has 0 aliphatic carbocycles. The van der Waals surface area contributed by atoms with Gasteiger partial charge in [0.05, 0.1) is 4.90 Å². The maximum absolute atomic E-state index is 12.2. The van der Waals surface area contributed by atoms with Crippen LogP contribution in [-0.4, -0.2) is 20.9 Å². The van der Waals surface area contributed by atoms with Crippen molar-refractivity contribution >= 4 is 15.9 Å². The van der Waals surface area contributed by atoms with E-state index in [2.05, 4.69) is 10.3 Å². The van der Waals surface area contributed by atoms with Gasteiger partial charge in [-0.15, -0.1) is 4.83 Å². The van der Waals surface area contributed by atoms with Crippen LogP contribution in [0.2, 0.25) is 0 Å². The van der Waals surface area contributed by atoms with Crippen molar-refractivity contribution in [3.05, 3.63) is 59.2 Å². The Morgan fingerprint density at radius 3 is 2.35 bits per heavy atom. The van der Waals surface area contributed by atoms with Crippen molar-refractivity contribution in [2.45, 2.75) is 38.5 Å². The monoisotopic (exact) mass is 376 g/mol. The zero-order valence-electron chi connectivity index (χ0n) is 15.4. The van der Waals surface area contributed by atoms with Crippen molar-refractivity contribution in [2.24, 2.45) is 0 Å². The summed E-state index contributed by atoms with van der Waals surface area (Å²) in [6.45, 7) is 7.55. The standard InChI is InChI=1S/C19H24N2O4S/c1-13(2)16-7-9-17(10-8-16)26(23,24)21-20-19(22)12-25-18-11-14(3)5-6-15(18)4/h5-11,13,21H,12H2,1-4H3,(H,20,22). The number of amides is 1. The van der Waals surface area contributed by atoms with Crippen LogP contribution in [0.4, 0.5) is 0 Å². The van der Waals surface area contributed by atoms with Gasteiger partial charge < -0.3 is 4.74 Å². The molecule has 140 valence electrons. The first-order chi connectivity index (χ1) is 12.2. The van der Waals surface area contributed by atoms with Crippen molar-refractivity contribution in [1.82, 2.24) is 10.3 Å². The second-order valence-corrected chi connectivity index (χ2v) is 8.12. The fourth-order valence-corrected chi connectivity index (χ4v) is 3.12. The summed E-state index contributed by atoms with van der Waals surface area (Å²) in [6.07, 6.45) is 0. The third-order valence-electron chi connectivity index (χ3n) is 3.88. The molecule has 0 aliphatic heterocycles. The highest BCUT2D eigenvalue weighted by Gasteiger charge is 2.15. The highest BCUT2D eigenvalue weighted by atomic mass is 32.2. The molecule has 2 aromatic rings. The number of ether oxygens (including phenoxy) is 1. The smallest absolute Gasteiger partial charge is 0.272 e. The summed E-state index contributed by atoms with van der Waals surface area (Å²) < 4.78 is 29.9. The number of benzene rings is 2. The Morgan fingerprint density at radius 2 is 1.73 bits per heavy atom. The second-order valence-electron chi connectivity index (χ2n) is 6.44. The van der Waals surface area contributed by atoms with E-state index in [4.69, 9.17) is 4.74 Å². The lowest BCUT2D eigenvalue weighted by Crippen LogP contribution is -2.43. The SMILES string of the molecule is Cc1ccc(C)c(OCC(=O)NNS(=O)(=O)c2ccc(C(C)C)cc2)c1. The molecule has 0 bridgehead atoms. The molecule has 6 nitrogen and oxygen atoms in total. The molecule has 2 rings (SSSR count). The molecule has 7 heteroatoms. The minimum Gasteiger partial charge on any atom is -0.483 e. The predicted molar refractivity (Wildman–Crippen MR) is 100 cm³/mol. The first-order valence-electron chi connectivity index (χ1n) is 8.29. The van der Waals surface area contributed by atoms with Gasteiger partial charge in [0.1, 0.15) is 5.75 Å². The lowest BCUT2D eigenvalue weighted by atomic mass is 10.0. The van der Waals surface area contributed by atoms with Crippen molar-refractivity contribution in [2.75, 3.05) is 6.61 Å². The summed E-state index contributed by atoms with van der Waals surface area (Å²) in [6, 6.07) is 12.2. The number of hydrogen-bond donors (Lipinski definition) is 2. The van der Waals surface area contributed by atoms with E-state index < -0.39 is 15.9 Å². The third kappa shape index (κ3) is 5.31. The summed E-state index contributed by atoms with van der Waals surface area (Å²) in [5, 5.41) is 0. The molecule has 0 radical (unpaired) electrons. The van der Waals surface area contributed by atoms with Crippen molar-refractivity contribution < 1.29 is 17.9 Å². The van der Waals surface area contributed by atoms with E-state index in [9.17, 15) is 13.2 Å². The molecule has 26 heavy (non-hydrogen) atoms. The van der Waals surface area contributed by atoms with Crippen LogP contribution in [0.25, 0.3) is 0 Å². The molecular weight excluding hydrogens is 352 g/mol. The Hall–Kier alpha value is -2.38. The van der Waals surface area contributed by atoms with Crippen LogP contribution in [0.3, 0.4) is 0 Å². The molecule has 0 saturated carbocycles. The van der Waals surface area contributed by atoms with Crippen LogP contribution in [0, 0.1) is 13.8 Å². The molecule has 0 spiro atoms. The number of nitrogens with one attached hydrogen (secondary N) is 2. The average Bonchev–Trinajstić information content (AvgIpc) is 2.61. The van der Waals surface area contributed by atoms with Gasteiger partial charge in [-0.3, -0.25) is 10.2 Å². The normalized spacial score (nSPS) is 11.4. The van der Waals surface area contributed by atoms with Crippen molar-refractivity contribution in [1.29, 1.82) is 0 Å². The van der Waals surface area contributed by atoms with Crippen LogP contribution >= 0.6 is 0 Å². The molecule has 2 aromatic carbocycles. The summed E-state index contributed by atoms with van der Waals surface area (Å²) in [7, 11) is -3.83. The average molecular weight is 376 g/mol. The maximum atomic E-state index is 12.2. The van der Waals surface area contributed by atoms with Gasteiger partial charge in [-0.2, -0.15) is 0 Å². The molecule has 0 saturated heterocycles. The summed E-state index contributed by atoms with van der Waals surface area (Å²) in [4.78, 5) is 14.0. The number of carbonyl (C=O) groups excluding carboxylic acids is 1. The van der Waals surface area contributed by atoms with Crippen LogP contribution in [0.1, 0.15) is 36.5 Å². The van der Waals surface area contributed by atoms with Crippen LogP contribution < -0.4 is 15.0 Å². The highest BCUT2D eigenvalue weighted by Crippen LogP contribution is 2.19. The second kappa shape index (κ2) is 8.33. The van der Waals surface area contributed by atoms with Gasteiger partial charge >= 0.3 is 0 Å². The number of hydrazine groups is 1. The first kappa shape index (κ1) is 19.9. The summed E-state index contributed by atoms with van der Waals surface area (Å²) in [5.74, 6) is 0.308. The number of carbonyl (C=O) groups is 1. The van der Waals surface area contributed by atoms with Gasteiger partial charge in [0.15, 0.2) is 6.61 Å². The van der Waals surface area contributed by atoms with Gasteiger partial charge in [-0.1, -0.05) is 38.1 Å². The topological polar surface area (TPSA) is 84.5 Å². The number of sulfonamides is 1. The molecule has 0 aliphatic rings. The van der Waals surface area contributed by atoms with Gasteiger partial charge in [-0.05, 0) is 54.7 Å². The maximum Gasteiger partial charge on any atom is 0.272 e. The lowest BCUT2D eigenvalue weighted by molar-refractivity contribution is -0.123. The Bertz CT molecular complexity index is 875. The van der Waals surface area contributed by atoms with E-state index in [0.717, 1.165) is 16.7 Å². The van der Waals surface area contributed by atoms with Gasteiger partial charge in [0.2, 0.25) is 0 Å². The molecule has 0 heterocycles. The van der Waals surface area contributed by atoms with E-state index in [1.54, 1.807) is 12.1 Å². The Kier molecular flexibility index (Phi) is 6.39. The summed E-state index contributed by atoms with van der Waals surface area (Å²) >= 11 is 0. The van der Waals surface area contributed by atoms with Gasteiger partial charge in [0.25, 0.3) is 15.9 Å². The third-order valence-corrected chi connectivity index (χ3v) is 5.15. The lowest BCUT2D eigenvalue weighted by Gasteiger charge is -2.12. The highest BCUT2D eigenvalue weighted by molar-refractivity contribution is 7.89. The van der Waals surface area contributed by atoms with Crippen LogP contribution in [0.15, 0.2) is 47.4 Å². The van der Waals surface area contributed by atoms with Crippen LogP contribution in [0.5, 0.6) is 5.75 Å². The number of rotatable bonds is 7. The molecule has 0 aromatic heterocycles. The Balaban J connectivity index is 1.92. The molecule has 0 unspecified atom stereocenters. The zero-order chi connectivity index (χ0) is 19.3. The van der Waals surface area contributed by atoms with E-state index in [1.165, 1.54) is 12.1 Å². The Labute approximate surface area is 154 Å². The van der Waals surface area contributed by atoms with Gasteiger partial charge in [-0.25, -0.2) is 8.42 Å². The number of aryl methyl sites for hydroxylation is 2.